The standard InChI is InChI=1S/C46H80O14P2/c1-3-5-6-7-8-9-10-11-12-13-14-17-20-23-26-29-32-36-45(49)56-40-44(41-59-62(54,55)58-39-43(48)38-57-61(51,52)53)60-46(50)37-33-30-27-24-21-18-15-16-19-22-25-28-31-35-42(47)34-4-2/h8-9,11-12,15,18-19,22,24,27-28,31,42-44,47-48H,3-7,10,13-14,16-17,20-21,23,25-26,29-30,32-41H2,1-2H3,(H,54,55)(H2,51,52,53)/b9-8-,12-11-,18-15-,22-19-,27-24-,31-28-/t42?,43-,44+/m0/s1. The Hall–Kier alpha value is -2.48. The van der Waals surface area contributed by atoms with Crippen LogP contribution in [0.2, 0.25) is 0 Å². The monoisotopic (exact) mass is 919 g/mol. The van der Waals surface area contributed by atoms with E-state index in [0.29, 0.717) is 25.7 Å². The number of aliphatic hydroxyl groups is 2. The van der Waals surface area contributed by atoms with Crippen molar-refractivity contribution in [2.24, 2.45) is 0 Å². The average molecular weight is 919 g/mol. The number of hydrogen-bond acceptors (Lipinski definition) is 11. The summed E-state index contributed by atoms with van der Waals surface area (Å²) in [5.41, 5.74) is 0. The smallest absolute Gasteiger partial charge is 0.462 e. The lowest BCUT2D eigenvalue weighted by Crippen LogP contribution is -2.29. The van der Waals surface area contributed by atoms with Crippen LogP contribution in [-0.4, -0.2) is 81.6 Å². The maximum atomic E-state index is 12.7. The largest absolute Gasteiger partial charge is 0.472 e. The van der Waals surface area contributed by atoms with Gasteiger partial charge in [-0.25, -0.2) is 9.13 Å². The lowest BCUT2D eigenvalue weighted by molar-refractivity contribution is -0.161. The highest BCUT2D eigenvalue weighted by atomic mass is 31.2. The summed E-state index contributed by atoms with van der Waals surface area (Å²) in [5, 5.41) is 19.5. The topological polar surface area (TPSA) is 216 Å². The quantitative estimate of drug-likeness (QED) is 0.0167. The molecule has 0 aliphatic heterocycles. The van der Waals surface area contributed by atoms with Crippen LogP contribution in [0.15, 0.2) is 72.9 Å². The van der Waals surface area contributed by atoms with E-state index in [9.17, 15) is 33.8 Å². The van der Waals surface area contributed by atoms with Crippen molar-refractivity contribution in [2.75, 3.05) is 26.4 Å². The van der Waals surface area contributed by atoms with Crippen LogP contribution < -0.4 is 0 Å². The summed E-state index contributed by atoms with van der Waals surface area (Å²) in [4.78, 5) is 52.7. The Labute approximate surface area is 372 Å². The molecular formula is C46H80O14P2. The number of esters is 2. The zero-order valence-corrected chi connectivity index (χ0v) is 39.3. The predicted octanol–water partition coefficient (Wildman–Crippen LogP) is 10.8. The van der Waals surface area contributed by atoms with Crippen LogP contribution >= 0.6 is 15.6 Å². The molecular weight excluding hydrogens is 838 g/mol. The van der Waals surface area contributed by atoms with E-state index in [1.54, 1.807) is 0 Å². The van der Waals surface area contributed by atoms with Gasteiger partial charge in [-0.2, -0.15) is 0 Å². The van der Waals surface area contributed by atoms with Crippen LogP contribution in [0.25, 0.3) is 0 Å². The van der Waals surface area contributed by atoms with Crippen molar-refractivity contribution in [3.05, 3.63) is 72.9 Å². The normalized spacial score (nSPS) is 15.1. The molecule has 0 bridgehead atoms. The second kappa shape index (κ2) is 41.2. The fourth-order valence-corrected chi connectivity index (χ4v) is 6.83. The summed E-state index contributed by atoms with van der Waals surface area (Å²) in [6, 6.07) is 0. The van der Waals surface area contributed by atoms with Crippen molar-refractivity contribution in [1.82, 2.24) is 0 Å². The fraction of sp³-hybridized carbons (Fsp3) is 0.696. The van der Waals surface area contributed by atoms with Crippen molar-refractivity contribution in [3.8, 4) is 0 Å². The number of carbonyl (C=O) groups is 2. The lowest BCUT2D eigenvalue weighted by Gasteiger charge is -2.20. The van der Waals surface area contributed by atoms with Crippen LogP contribution in [0, 0.1) is 0 Å². The third kappa shape index (κ3) is 44.1. The van der Waals surface area contributed by atoms with Gasteiger partial charge in [0.05, 0.1) is 25.9 Å². The van der Waals surface area contributed by atoms with Gasteiger partial charge in [-0.3, -0.25) is 23.2 Å². The van der Waals surface area contributed by atoms with Gasteiger partial charge in [0.25, 0.3) is 0 Å². The molecule has 0 aromatic carbocycles. The molecule has 16 heteroatoms. The zero-order chi connectivity index (χ0) is 46.0. The highest BCUT2D eigenvalue weighted by Gasteiger charge is 2.28. The van der Waals surface area contributed by atoms with Gasteiger partial charge in [0.15, 0.2) is 6.10 Å². The van der Waals surface area contributed by atoms with Gasteiger partial charge in [-0.1, -0.05) is 138 Å². The molecule has 0 saturated heterocycles. The number of ether oxygens (including phenoxy) is 2. The molecule has 14 nitrogen and oxygen atoms in total. The minimum Gasteiger partial charge on any atom is -0.462 e. The minimum atomic E-state index is -4.88. The number of rotatable bonds is 42. The highest BCUT2D eigenvalue weighted by Crippen LogP contribution is 2.43. The lowest BCUT2D eigenvalue weighted by atomic mass is 10.1. The Bertz CT molecular complexity index is 1390. The third-order valence-corrected chi connectivity index (χ3v) is 10.5. The molecule has 0 radical (unpaired) electrons. The summed E-state index contributed by atoms with van der Waals surface area (Å²) in [6.45, 7) is 1.45. The van der Waals surface area contributed by atoms with Gasteiger partial charge in [0.1, 0.15) is 12.7 Å². The molecule has 358 valence electrons. The Morgan fingerprint density at radius 3 is 1.53 bits per heavy atom. The van der Waals surface area contributed by atoms with Gasteiger partial charge < -0.3 is 34.4 Å². The van der Waals surface area contributed by atoms with Crippen molar-refractivity contribution < 1.29 is 66.7 Å². The van der Waals surface area contributed by atoms with E-state index in [4.69, 9.17) is 23.8 Å². The van der Waals surface area contributed by atoms with Gasteiger partial charge in [-0.15, -0.1) is 0 Å². The van der Waals surface area contributed by atoms with Crippen LogP contribution in [0.5, 0.6) is 0 Å². The second-order valence-electron chi connectivity index (χ2n) is 15.1. The molecule has 0 aliphatic rings. The van der Waals surface area contributed by atoms with E-state index >= 15 is 0 Å². The number of phosphoric acid groups is 2. The Kier molecular flexibility index (Phi) is 39.6. The molecule has 0 amide bonds. The first kappa shape index (κ1) is 59.5. The summed E-state index contributed by atoms with van der Waals surface area (Å²) >= 11 is 0. The van der Waals surface area contributed by atoms with E-state index in [0.717, 1.165) is 83.5 Å². The molecule has 0 aliphatic carbocycles. The third-order valence-electron chi connectivity index (χ3n) is 9.11. The van der Waals surface area contributed by atoms with E-state index < -0.39 is 66.2 Å². The molecule has 4 atom stereocenters. The fourth-order valence-electron chi connectivity index (χ4n) is 5.68. The van der Waals surface area contributed by atoms with Crippen molar-refractivity contribution in [3.63, 3.8) is 0 Å². The molecule has 2 unspecified atom stereocenters. The molecule has 5 N–H and O–H groups in total. The van der Waals surface area contributed by atoms with Gasteiger partial charge >= 0.3 is 27.6 Å². The number of unbranched alkanes of at least 4 members (excludes halogenated alkanes) is 11. The van der Waals surface area contributed by atoms with Crippen molar-refractivity contribution in [1.29, 1.82) is 0 Å². The first-order valence-corrected chi connectivity index (χ1v) is 25.7. The predicted molar refractivity (Wildman–Crippen MR) is 245 cm³/mol. The van der Waals surface area contributed by atoms with E-state index in [1.165, 1.54) is 25.7 Å². The van der Waals surface area contributed by atoms with Crippen molar-refractivity contribution in [2.45, 2.75) is 180 Å². The summed E-state index contributed by atoms with van der Waals surface area (Å²) in [7, 11) is -9.72. The first-order valence-electron chi connectivity index (χ1n) is 22.7. The van der Waals surface area contributed by atoms with Crippen LogP contribution in [0.4, 0.5) is 0 Å². The van der Waals surface area contributed by atoms with Gasteiger partial charge in [-0.05, 0) is 83.5 Å². The van der Waals surface area contributed by atoms with Crippen LogP contribution in [-0.2, 0) is 41.8 Å². The molecule has 0 spiro atoms. The summed E-state index contributed by atoms with van der Waals surface area (Å²) in [6.07, 6.45) is 42.4. The van der Waals surface area contributed by atoms with E-state index in [1.807, 2.05) is 18.2 Å². The molecule has 0 heterocycles. The zero-order valence-electron chi connectivity index (χ0n) is 37.6. The number of aliphatic hydroxyl groups excluding tert-OH is 2. The number of hydrogen-bond donors (Lipinski definition) is 5. The average Bonchev–Trinajstić information content (AvgIpc) is 3.22. The SMILES string of the molecule is CCCCC/C=C\C/C=C\CCCCCCCCCC(=O)OC[C@H](COP(=O)(O)OC[C@@H](O)COP(=O)(O)O)OC(=O)CCC/C=C\C/C=C\C/C=C\C/C=C\CC(O)CCC. The summed E-state index contributed by atoms with van der Waals surface area (Å²) in [5.74, 6) is -1.13. The number of allylic oxidation sites excluding steroid dienone is 11. The summed E-state index contributed by atoms with van der Waals surface area (Å²) < 4.78 is 47.7. The Morgan fingerprint density at radius 1 is 0.500 bits per heavy atom. The van der Waals surface area contributed by atoms with Gasteiger partial charge in [0.2, 0.25) is 0 Å². The maximum absolute atomic E-state index is 12.7. The van der Waals surface area contributed by atoms with Gasteiger partial charge in [0, 0.05) is 12.8 Å². The number of phosphoric ester groups is 2. The Balaban J connectivity index is 4.63. The highest BCUT2D eigenvalue weighted by molar-refractivity contribution is 7.47. The van der Waals surface area contributed by atoms with Crippen molar-refractivity contribution >= 4 is 27.6 Å². The second-order valence-corrected chi connectivity index (χ2v) is 17.8. The van der Waals surface area contributed by atoms with Crippen LogP contribution in [0.1, 0.15) is 162 Å². The molecule has 0 aromatic heterocycles. The van der Waals surface area contributed by atoms with E-state index in [-0.39, 0.29) is 18.9 Å². The maximum Gasteiger partial charge on any atom is 0.472 e. The Morgan fingerprint density at radius 2 is 0.968 bits per heavy atom. The van der Waals surface area contributed by atoms with Crippen LogP contribution in [0.3, 0.4) is 0 Å². The molecule has 0 aromatic rings. The first-order chi connectivity index (χ1) is 29.8. The molecule has 0 fully saturated rings. The minimum absolute atomic E-state index is 0.0357. The number of carbonyl (C=O) groups excluding carboxylic acids is 2. The molecule has 0 rings (SSSR count). The van der Waals surface area contributed by atoms with E-state index in [2.05, 4.69) is 77.6 Å². The molecule has 62 heavy (non-hydrogen) atoms. The molecule has 0 saturated carbocycles.